The van der Waals surface area contributed by atoms with Gasteiger partial charge in [0.2, 0.25) is 0 Å². The number of hydrogen-bond acceptors (Lipinski definition) is 4. The lowest BCUT2D eigenvalue weighted by atomic mass is 10.2. The minimum Gasteiger partial charge on any atom is -0.321 e. The minimum atomic E-state index is -0.134. The third kappa shape index (κ3) is 3.11. The molecule has 0 saturated carbocycles. The average molecular weight is 349 g/mol. The summed E-state index contributed by atoms with van der Waals surface area (Å²) in [6.45, 7) is 2.10. The van der Waals surface area contributed by atoms with E-state index in [-0.39, 0.29) is 5.91 Å². The summed E-state index contributed by atoms with van der Waals surface area (Å²) >= 11 is 9.31. The van der Waals surface area contributed by atoms with Gasteiger partial charge in [0.1, 0.15) is 5.52 Å². The second kappa shape index (κ2) is 6.69. The molecule has 0 aliphatic rings. The third-order valence-electron chi connectivity index (χ3n) is 3.11. The molecule has 0 atom stereocenters. The highest BCUT2D eigenvalue weighted by molar-refractivity contribution is 7.99. The molecule has 22 heavy (non-hydrogen) atoms. The lowest BCUT2D eigenvalue weighted by molar-refractivity contribution is 0.102. The van der Waals surface area contributed by atoms with E-state index < -0.39 is 0 Å². The van der Waals surface area contributed by atoms with Crippen molar-refractivity contribution in [2.24, 2.45) is 0 Å². The number of fused-ring (bicyclic) bond motifs is 1. The molecule has 0 unspecified atom stereocenters. The Bertz CT molecular complexity index is 815. The first-order valence-corrected chi connectivity index (χ1v) is 8.99. The normalized spacial score (nSPS) is 10.8. The molecule has 0 fully saturated rings. The smallest absolute Gasteiger partial charge is 0.255 e. The predicted molar refractivity (Wildman–Crippen MR) is 95.4 cm³/mol. The van der Waals surface area contributed by atoms with Crippen LogP contribution in [0.15, 0.2) is 46.8 Å². The van der Waals surface area contributed by atoms with E-state index in [0.717, 1.165) is 26.6 Å². The Kier molecular flexibility index (Phi) is 4.66. The molecule has 1 aromatic heterocycles. The molecule has 3 aromatic rings. The largest absolute Gasteiger partial charge is 0.321 e. The van der Waals surface area contributed by atoms with Crippen LogP contribution in [0.5, 0.6) is 0 Å². The maximum atomic E-state index is 12.4. The van der Waals surface area contributed by atoms with Crippen LogP contribution in [0.3, 0.4) is 0 Å². The quantitative estimate of drug-likeness (QED) is 0.649. The van der Waals surface area contributed by atoms with Crippen molar-refractivity contribution in [3.8, 4) is 0 Å². The lowest BCUT2D eigenvalue weighted by Crippen LogP contribution is -2.11. The number of carbonyl (C=O) groups is 1. The van der Waals surface area contributed by atoms with Crippen LogP contribution in [0.4, 0.5) is 5.69 Å². The number of halogens is 1. The minimum absolute atomic E-state index is 0.134. The van der Waals surface area contributed by atoms with E-state index in [4.69, 9.17) is 11.6 Å². The molecule has 0 bridgehead atoms. The van der Waals surface area contributed by atoms with Gasteiger partial charge in [0.05, 0.1) is 20.9 Å². The molecule has 1 heterocycles. The molecule has 0 aliphatic heterocycles. The van der Waals surface area contributed by atoms with Gasteiger partial charge < -0.3 is 5.32 Å². The first-order chi connectivity index (χ1) is 10.7. The Balaban J connectivity index is 1.83. The molecular weight excluding hydrogens is 336 g/mol. The number of benzene rings is 2. The van der Waals surface area contributed by atoms with Gasteiger partial charge in [-0.15, -0.1) is 23.1 Å². The first kappa shape index (κ1) is 15.3. The molecule has 1 N–H and O–H groups in total. The van der Waals surface area contributed by atoms with Gasteiger partial charge in [-0.05, 0) is 42.2 Å². The van der Waals surface area contributed by atoms with E-state index in [1.165, 1.54) is 11.3 Å². The molecular formula is C16H13ClN2OS2. The van der Waals surface area contributed by atoms with Gasteiger partial charge in [0.25, 0.3) is 5.91 Å². The number of nitrogens with one attached hydrogen (secondary N) is 1. The third-order valence-corrected chi connectivity index (χ3v) is 5.17. The van der Waals surface area contributed by atoms with Gasteiger partial charge >= 0.3 is 0 Å². The van der Waals surface area contributed by atoms with Crippen molar-refractivity contribution in [2.75, 3.05) is 11.1 Å². The van der Waals surface area contributed by atoms with Crippen LogP contribution < -0.4 is 5.32 Å². The molecule has 0 saturated heterocycles. The van der Waals surface area contributed by atoms with Crippen molar-refractivity contribution in [3.05, 3.63) is 52.5 Å². The van der Waals surface area contributed by atoms with E-state index in [1.54, 1.807) is 23.3 Å². The number of anilines is 1. The van der Waals surface area contributed by atoms with E-state index >= 15 is 0 Å². The van der Waals surface area contributed by atoms with Gasteiger partial charge in [0, 0.05) is 10.5 Å². The van der Waals surface area contributed by atoms with Crippen molar-refractivity contribution in [2.45, 2.75) is 11.8 Å². The predicted octanol–water partition coefficient (Wildman–Crippen LogP) is 5.31. The highest BCUT2D eigenvalue weighted by Gasteiger charge is 2.11. The fourth-order valence-corrected chi connectivity index (χ4v) is 3.79. The molecule has 0 radical (unpaired) electrons. The summed E-state index contributed by atoms with van der Waals surface area (Å²) in [5.41, 5.74) is 3.81. The summed E-state index contributed by atoms with van der Waals surface area (Å²) < 4.78 is 0.888. The van der Waals surface area contributed by atoms with Crippen LogP contribution in [-0.2, 0) is 0 Å². The van der Waals surface area contributed by atoms with E-state index in [2.05, 4.69) is 17.2 Å². The molecule has 1 amide bonds. The van der Waals surface area contributed by atoms with Crippen molar-refractivity contribution in [1.82, 2.24) is 4.98 Å². The van der Waals surface area contributed by atoms with Crippen LogP contribution in [0, 0.1) is 0 Å². The number of rotatable bonds is 4. The zero-order chi connectivity index (χ0) is 15.5. The molecule has 0 aliphatic carbocycles. The molecule has 2 aromatic carbocycles. The number of hydrogen-bond donors (Lipinski definition) is 1. The van der Waals surface area contributed by atoms with Crippen molar-refractivity contribution < 1.29 is 4.79 Å². The number of carbonyl (C=O) groups excluding carboxylic acids is 1. The zero-order valence-corrected chi connectivity index (χ0v) is 14.2. The van der Waals surface area contributed by atoms with Crippen molar-refractivity contribution in [3.63, 3.8) is 0 Å². The van der Waals surface area contributed by atoms with Gasteiger partial charge in [-0.25, -0.2) is 4.98 Å². The van der Waals surface area contributed by atoms with Gasteiger partial charge in [-0.3, -0.25) is 4.79 Å². The zero-order valence-electron chi connectivity index (χ0n) is 11.8. The van der Waals surface area contributed by atoms with Crippen molar-refractivity contribution >= 4 is 56.5 Å². The highest BCUT2D eigenvalue weighted by Crippen LogP contribution is 2.32. The monoisotopic (exact) mass is 348 g/mol. The van der Waals surface area contributed by atoms with Crippen LogP contribution in [0.1, 0.15) is 17.3 Å². The number of nitrogens with zero attached hydrogens (tertiary/aromatic N) is 1. The second-order valence-electron chi connectivity index (χ2n) is 4.54. The Morgan fingerprint density at radius 1 is 1.27 bits per heavy atom. The van der Waals surface area contributed by atoms with Crippen LogP contribution >= 0.6 is 34.7 Å². The van der Waals surface area contributed by atoms with Crippen LogP contribution in [0.25, 0.3) is 10.2 Å². The van der Waals surface area contributed by atoms with Gasteiger partial charge in [0.15, 0.2) is 0 Å². The summed E-state index contributed by atoms with van der Waals surface area (Å²) in [4.78, 5) is 17.8. The Morgan fingerprint density at radius 2 is 2.05 bits per heavy atom. The molecule has 3 rings (SSSR count). The Hall–Kier alpha value is -1.56. The first-order valence-electron chi connectivity index (χ1n) is 6.75. The van der Waals surface area contributed by atoms with E-state index in [0.29, 0.717) is 10.6 Å². The summed E-state index contributed by atoms with van der Waals surface area (Å²) in [6.07, 6.45) is 0. The number of aromatic nitrogens is 1. The Labute approximate surface area is 141 Å². The second-order valence-corrected chi connectivity index (χ2v) is 7.14. The molecule has 6 heteroatoms. The fraction of sp³-hybridized carbons (Fsp3) is 0.125. The summed E-state index contributed by atoms with van der Waals surface area (Å²) in [7, 11) is 0. The topological polar surface area (TPSA) is 42.0 Å². The Morgan fingerprint density at radius 3 is 2.77 bits per heavy atom. The van der Waals surface area contributed by atoms with Crippen LogP contribution in [-0.4, -0.2) is 16.6 Å². The molecule has 3 nitrogen and oxygen atoms in total. The van der Waals surface area contributed by atoms with Gasteiger partial charge in [-0.1, -0.05) is 18.5 Å². The SMILES string of the molecule is CCSc1ccc(C(=O)Nc2ccc(Cl)c3ncsc23)cc1. The van der Waals surface area contributed by atoms with E-state index in [1.807, 2.05) is 30.3 Å². The standard InChI is InChI=1S/C16H13ClN2OS2/c1-2-21-11-5-3-10(4-6-11)16(20)19-13-8-7-12(17)14-15(13)22-9-18-14/h3-9H,2H2,1H3,(H,19,20). The number of thioether (sulfide) groups is 1. The summed E-state index contributed by atoms with van der Waals surface area (Å²) in [6, 6.07) is 11.2. The summed E-state index contributed by atoms with van der Waals surface area (Å²) in [5, 5.41) is 3.52. The summed E-state index contributed by atoms with van der Waals surface area (Å²) in [5.74, 6) is 0.879. The maximum absolute atomic E-state index is 12.4. The number of thiazole rings is 1. The average Bonchev–Trinajstić information content (AvgIpc) is 3.02. The maximum Gasteiger partial charge on any atom is 0.255 e. The number of amides is 1. The highest BCUT2D eigenvalue weighted by atomic mass is 35.5. The van der Waals surface area contributed by atoms with Gasteiger partial charge in [-0.2, -0.15) is 0 Å². The van der Waals surface area contributed by atoms with Crippen LogP contribution in [0.2, 0.25) is 5.02 Å². The van der Waals surface area contributed by atoms with Crippen molar-refractivity contribution in [1.29, 1.82) is 0 Å². The molecule has 112 valence electrons. The fourth-order valence-electron chi connectivity index (χ4n) is 2.08. The van der Waals surface area contributed by atoms with E-state index in [9.17, 15) is 4.79 Å². The molecule has 0 spiro atoms. The lowest BCUT2D eigenvalue weighted by Gasteiger charge is -2.07.